The molecule has 0 aliphatic carbocycles. The largest absolute Gasteiger partial charge is 0.497 e. The Morgan fingerprint density at radius 3 is 1.95 bits per heavy atom. The number of methoxy groups -OCH3 is 2. The fraction of sp³-hybridized carbons (Fsp3) is 0.308. The first-order chi connectivity index (χ1) is 9.15. The van der Waals surface area contributed by atoms with Crippen molar-refractivity contribution >= 4 is 5.91 Å². The number of ether oxygens (including phenoxy) is 2. The van der Waals surface area contributed by atoms with E-state index in [9.17, 15) is 4.79 Å². The third-order valence-electron chi connectivity index (χ3n) is 2.41. The van der Waals surface area contributed by atoms with Crippen LogP contribution in [0.3, 0.4) is 0 Å². The lowest BCUT2D eigenvalue weighted by Crippen LogP contribution is -2.31. The smallest absolute Gasteiger partial charge is 0.255 e. The topological polar surface area (TPSA) is 86.3 Å². The molecule has 0 radical (unpaired) electrons. The van der Waals surface area contributed by atoms with Gasteiger partial charge < -0.3 is 14.4 Å². The van der Waals surface area contributed by atoms with Crippen LogP contribution in [0.1, 0.15) is 10.4 Å². The zero-order valence-electron chi connectivity index (χ0n) is 10.7. The standard InChI is InChI=1S/C13H13N3O3/c1-18-11-7-10(8-12(9-11)19-2)13(17)16(5-3-14)6-4-15/h7-9H,5-6H2,1-2H3. The number of carbonyl (C=O) groups is 1. The van der Waals surface area contributed by atoms with Gasteiger partial charge in [-0.1, -0.05) is 0 Å². The van der Waals surface area contributed by atoms with Crippen molar-refractivity contribution < 1.29 is 14.3 Å². The van der Waals surface area contributed by atoms with Gasteiger partial charge in [0.2, 0.25) is 0 Å². The van der Waals surface area contributed by atoms with Gasteiger partial charge in [0.05, 0.1) is 26.4 Å². The van der Waals surface area contributed by atoms with Gasteiger partial charge in [-0.05, 0) is 12.1 Å². The highest BCUT2D eigenvalue weighted by atomic mass is 16.5. The minimum absolute atomic E-state index is 0.147. The van der Waals surface area contributed by atoms with Gasteiger partial charge in [-0.3, -0.25) is 4.79 Å². The van der Waals surface area contributed by atoms with Crippen LogP contribution in [0.5, 0.6) is 11.5 Å². The van der Waals surface area contributed by atoms with Crippen molar-refractivity contribution in [2.75, 3.05) is 27.3 Å². The number of benzene rings is 1. The molecule has 0 aliphatic rings. The molecule has 6 nitrogen and oxygen atoms in total. The number of nitrogens with zero attached hydrogens (tertiary/aromatic N) is 3. The molecule has 0 N–H and O–H groups in total. The monoisotopic (exact) mass is 259 g/mol. The highest BCUT2D eigenvalue weighted by molar-refractivity contribution is 5.95. The summed E-state index contributed by atoms with van der Waals surface area (Å²) in [7, 11) is 2.96. The maximum absolute atomic E-state index is 12.2. The molecule has 0 spiro atoms. The molecule has 0 aromatic heterocycles. The summed E-state index contributed by atoms with van der Waals surface area (Å²) in [6.45, 7) is -0.294. The van der Waals surface area contributed by atoms with E-state index in [4.69, 9.17) is 20.0 Å². The minimum Gasteiger partial charge on any atom is -0.497 e. The van der Waals surface area contributed by atoms with Gasteiger partial charge in [0, 0.05) is 11.6 Å². The maximum atomic E-state index is 12.2. The molecule has 0 bridgehead atoms. The molecule has 6 heteroatoms. The first-order valence-corrected chi connectivity index (χ1v) is 5.42. The average Bonchev–Trinajstić information content (AvgIpc) is 2.45. The SMILES string of the molecule is COc1cc(OC)cc(C(=O)N(CC#N)CC#N)c1. The van der Waals surface area contributed by atoms with Crippen molar-refractivity contribution in [1.29, 1.82) is 10.5 Å². The van der Waals surface area contributed by atoms with Crippen molar-refractivity contribution in [3.8, 4) is 23.6 Å². The Balaban J connectivity index is 3.10. The molecule has 0 unspecified atom stereocenters. The summed E-state index contributed by atoms with van der Waals surface area (Å²) in [5.74, 6) is 0.522. The maximum Gasteiger partial charge on any atom is 0.255 e. The molecule has 0 heterocycles. The van der Waals surface area contributed by atoms with Crippen molar-refractivity contribution in [3.05, 3.63) is 23.8 Å². The van der Waals surface area contributed by atoms with E-state index in [0.717, 1.165) is 4.90 Å². The van der Waals surface area contributed by atoms with E-state index >= 15 is 0 Å². The molecular formula is C13H13N3O3. The normalized spacial score (nSPS) is 9.05. The van der Waals surface area contributed by atoms with Crippen LogP contribution in [0.25, 0.3) is 0 Å². The second kappa shape index (κ2) is 6.87. The molecule has 1 rings (SSSR count). The summed E-state index contributed by atoms with van der Waals surface area (Å²) >= 11 is 0. The van der Waals surface area contributed by atoms with Gasteiger partial charge in [0.15, 0.2) is 0 Å². The van der Waals surface area contributed by atoms with Crippen LogP contribution < -0.4 is 9.47 Å². The zero-order chi connectivity index (χ0) is 14.3. The number of carbonyl (C=O) groups excluding carboxylic acids is 1. The van der Waals surface area contributed by atoms with Gasteiger partial charge >= 0.3 is 0 Å². The number of hydrogen-bond acceptors (Lipinski definition) is 5. The fourth-order valence-corrected chi connectivity index (χ4v) is 1.48. The Morgan fingerprint density at radius 2 is 1.58 bits per heavy atom. The Morgan fingerprint density at radius 1 is 1.11 bits per heavy atom. The van der Waals surface area contributed by atoms with Gasteiger partial charge in [-0.2, -0.15) is 10.5 Å². The van der Waals surface area contributed by atoms with Crippen LogP contribution in [0.2, 0.25) is 0 Å². The van der Waals surface area contributed by atoms with Crippen LogP contribution in [0, 0.1) is 22.7 Å². The van der Waals surface area contributed by atoms with Crippen LogP contribution in [0.4, 0.5) is 0 Å². The van der Waals surface area contributed by atoms with E-state index in [1.54, 1.807) is 6.07 Å². The molecule has 1 amide bonds. The van der Waals surface area contributed by atoms with E-state index in [1.165, 1.54) is 26.4 Å². The van der Waals surface area contributed by atoms with Crippen molar-refractivity contribution in [2.45, 2.75) is 0 Å². The van der Waals surface area contributed by atoms with Crippen molar-refractivity contribution in [1.82, 2.24) is 4.90 Å². The van der Waals surface area contributed by atoms with E-state index in [2.05, 4.69) is 0 Å². The van der Waals surface area contributed by atoms with Gasteiger partial charge in [0.25, 0.3) is 5.91 Å². The molecule has 0 aliphatic heterocycles. The van der Waals surface area contributed by atoms with E-state index < -0.39 is 5.91 Å². The molecule has 0 saturated heterocycles. The van der Waals surface area contributed by atoms with Crippen LogP contribution in [-0.4, -0.2) is 38.1 Å². The summed E-state index contributed by atoms with van der Waals surface area (Å²) in [6.07, 6.45) is 0. The fourth-order valence-electron chi connectivity index (χ4n) is 1.48. The highest BCUT2D eigenvalue weighted by Crippen LogP contribution is 2.23. The first-order valence-electron chi connectivity index (χ1n) is 5.42. The number of hydrogen-bond donors (Lipinski definition) is 0. The van der Waals surface area contributed by atoms with Gasteiger partial charge in [-0.15, -0.1) is 0 Å². The molecule has 0 saturated carbocycles. The molecule has 1 aromatic carbocycles. The highest BCUT2D eigenvalue weighted by Gasteiger charge is 2.17. The van der Waals surface area contributed by atoms with Crippen LogP contribution in [0.15, 0.2) is 18.2 Å². The van der Waals surface area contributed by atoms with E-state index in [-0.39, 0.29) is 13.1 Å². The second-order valence-electron chi connectivity index (χ2n) is 3.58. The molecule has 1 aromatic rings. The van der Waals surface area contributed by atoms with E-state index in [0.29, 0.717) is 17.1 Å². The molecular weight excluding hydrogens is 246 g/mol. The Bertz CT molecular complexity index is 505. The lowest BCUT2D eigenvalue weighted by molar-refractivity contribution is 0.0794. The summed E-state index contributed by atoms with van der Waals surface area (Å²) in [6, 6.07) is 8.41. The minimum atomic E-state index is -0.416. The Labute approximate surface area is 111 Å². The molecule has 98 valence electrons. The zero-order valence-corrected chi connectivity index (χ0v) is 10.7. The van der Waals surface area contributed by atoms with Gasteiger partial charge in [-0.25, -0.2) is 0 Å². The number of amides is 1. The predicted octanol–water partition coefficient (Wildman–Crippen LogP) is 1.19. The van der Waals surface area contributed by atoms with Crippen molar-refractivity contribution in [2.24, 2.45) is 0 Å². The van der Waals surface area contributed by atoms with Crippen LogP contribution >= 0.6 is 0 Å². The number of nitriles is 2. The predicted molar refractivity (Wildman–Crippen MR) is 66.7 cm³/mol. The number of rotatable bonds is 5. The third-order valence-corrected chi connectivity index (χ3v) is 2.41. The van der Waals surface area contributed by atoms with Gasteiger partial charge in [0.1, 0.15) is 24.6 Å². The third kappa shape index (κ3) is 3.62. The quantitative estimate of drug-likeness (QED) is 0.741. The summed E-state index contributed by atoms with van der Waals surface area (Å²) in [4.78, 5) is 13.3. The Hall–Kier alpha value is -2.73. The first kappa shape index (κ1) is 14.3. The molecule has 0 atom stereocenters. The summed E-state index contributed by atoms with van der Waals surface area (Å²) < 4.78 is 10.1. The Kier molecular flexibility index (Phi) is 5.18. The van der Waals surface area contributed by atoms with E-state index in [1.807, 2.05) is 12.1 Å². The lowest BCUT2D eigenvalue weighted by atomic mass is 10.1. The molecule has 19 heavy (non-hydrogen) atoms. The van der Waals surface area contributed by atoms with Crippen molar-refractivity contribution in [3.63, 3.8) is 0 Å². The molecule has 0 fully saturated rings. The van der Waals surface area contributed by atoms with Crippen LogP contribution in [-0.2, 0) is 0 Å². The summed E-state index contributed by atoms with van der Waals surface area (Å²) in [5.41, 5.74) is 0.307. The lowest BCUT2D eigenvalue weighted by Gasteiger charge is -2.16. The summed E-state index contributed by atoms with van der Waals surface area (Å²) in [5, 5.41) is 17.3. The second-order valence-corrected chi connectivity index (χ2v) is 3.58. The average molecular weight is 259 g/mol.